The lowest BCUT2D eigenvalue weighted by Gasteiger charge is -2.11. The van der Waals surface area contributed by atoms with Gasteiger partial charge < -0.3 is 0 Å². The fourth-order valence-corrected chi connectivity index (χ4v) is 5.31. The highest BCUT2D eigenvalue weighted by Gasteiger charge is 2.21. The normalized spacial score (nSPS) is 15.1. The minimum absolute atomic E-state index is 0.334. The summed E-state index contributed by atoms with van der Waals surface area (Å²) >= 11 is 0. The molecule has 0 saturated heterocycles. The maximum absolute atomic E-state index is 11.7. The monoisotopic (exact) mass is 448 g/mol. The number of aromatic nitrogens is 4. The number of hydrogen-bond donors (Lipinski definition) is 0. The van der Waals surface area contributed by atoms with Gasteiger partial charge in [0, 0.05) is 23.4 Å². The SMILES string of the molecule is CCc1nn(C2CCCC2)c2cc(-c3ccn(Cc4ccc(S(C)(=O)=O)cc4)n3)ccc12. The van der Waals surface area contributed by atoms with E-state index in [-0.39, 0.29) is 0 Å². The van der Waals surface area contributed by atoms with Crippen molar-refractivity contribution >= 4 is 20.7 Å². The Morgan fingerprint density at radius 1 is 1.00 bits per heavy atom. The Bertz CT molecular complexity index is 1360. The summed E-state index contributed by atoms with van der Waals surface area (Å²) in [7, 11) is -3.18. The zero-order valence-electron chi connectivity index (χ0n) is 18.5. The summed E-state index contributed by atoms with van der Waals surface area (Å²) in [5.41, 5.74) is 5.40. The summed E-state index contributed by atoms with van der Waals surface area (Å²) < 4.78 is 27.5. The van der Waals surface area contributed by atoms with Crippen molar-refractivity contribution in [2.45, 2.75) is 56.5 Å². The van der Waals surface area contributed by atoms with Gasteiger partial charge in [0.2, 0.25) is 0 Å². The second kappa shape index (κ2) is 8.20. The van der Waals surface area contributed by atoms with Crippen LogP contribution in [-0.2, 0) is 22.8 Å². The molecule has 2 heterocycles. The third-order valence-corrected chi connectivity index (χ3v) is 7.55. The smallest absolute Gasteiger partial charge is 0.175 e. The van der Waals surface area contributed by atoms with Crippen LogP contribution < -0.4 is 0 Å². The predicted molar refractivity (Wildman–Crippen MR) is 126 cm³/mol. The highest BCUT2D eigenvalue weighted by atomic mass is 32.2. The molecule has 0 atom stereocenters. The molecule has 2 aromatic carbocycles. The summed E-state index contributed by atoms with van der Waals surface area (Å²) in [6.07, 6.45) is 9.10. The van der Waals surface area contributed by atoms with Crippen LogP contribution in [0.4, 0.5) is 0 Å². The van der Waals surface area contributed by atoms with E-state index in [0.29, 0.717) is 17.5 Å². The lowest BCUT2D eigenvalue weighted by atomic mass is 10.1. The largest absolute Gasteiger partial charge is 0.268 e. The second-order valence-electron chi connectivity index (χ2n) is 8.73. The Hall–Kier alpha value is -2.93. The van der Waals surface area contributed by atoms with E-state index in [1.54, 1.807) is 12.1 Å². The van der Waals surface area contributed by atoms with Gasteiger partial charge in [-0.1, -0.05) is 44.0 Å². The minimum atomic E-state index is -3.18. The van der Waals surface area contributed by atoms with Crippen LogP contribution in [0, 0.1) is 0 Å². The van der Waals surface area contributed by atoms with Gasteiger partial charge in [-0.2, -0.15) is 10.2 Å². The van der Waals surface area contributed by atoms with Crippen molar-refractivity contribution in [3.05, 3.63) is 66.0 Å². The Morgan fingerprint density at radius 3 is 2.44 bits per heavy atom. The average molecular weight is 449 g/mol. The Balaban J connectivity index is 1.43. The van der Waals surface area contributed by atoms with Crippen molar-refractivity contribution in [1.82, 2.24) is 19.6 Å². The van der Waals surface area contributed by atoms with E-state index in [1.807, 2.05) is 29.1 Å². The van der Waals surface area contributed by atoms with Gasteiger partial charge in [-0.3, -0.25) is 9.36 Å². The van der Waals surface area contributed by atoms with E-state index in [2.05, 4.69) is 29.8 Å². The molecule has 5 rings (SSSR count). The molecule has 1 saturated carbocycles. The molecule has 1 aliphatic rings. The van der Waals surface area contributed by atoms with Crippen LogP contribution in [0.3, 0.4) is 0 Å². The summed E-state index contributed by atoms with van der Waals surface area (Å²) in [5, 5.41) is 11.0. The topological polar surface area (TPSA) is 69.8 Å². The van der Waals surface area contributed by atoms with E-state index < -0.39 is 9.84 Å². The van der Waals surface area contributed by atoms with Crippen molar-refractivity contribution in [3.63, 3.8) is 0 Å². The van der Waals surface area contributed by atoms with Crippen molar-refractivity contribution in [1.29, 1.82) is 0 Å². The number of rotatable bonds is 6. The number of fused-ring (bicyclic) bond motifs is 1. The third kappa shape index (κ3) is 3.97. The van der Waals surface area contributed by atoms with Crippen molar-refractivity contribution in [2.24, 2.45) is 0 Å². The van der Waals surface area contributed by atoms with Crippen LogP contribution in [0.2, 0.25) is 0 Å². The maximum atomic E-state index is 11.7. The fourth-order valence-electron chi connectivity index (χ4n) is 4.68. The molecule has 0 aliphatic heterocycles. The molecule has 0 bridgehead atoms. The Kier molecular flexibility index (Phi) is 5.37. The molecule has 6 nitrogen and oxygen atoms in total. The highest BCUT2D eigenvalue weighted by molar-refractivity contribution is 7.90. The highest BCUT2D eigenvalue weighted by Crippen LogP contribution is 2.34. The number of benzene rings is 2. The molecule has 0 amide bonds. The average Bonchev–Trinajstić information content (AvgIpc) is 3.52. The van der Waals surface area contributed by atoms with Crippen molar-refractivity contribution in [3.8, 4) is 11.3 Å². The first kappa shape index (κ1) is 20.9. The Labute approximate surface area is 188 Å². The molecule has 7 heteroatoms. The van der Waals surface area contributed by atoms with Gasteiger partial charge in [-0.15, -0.1) is 0 Å². The second-order valence-corrected chi connectivity index (χ2v) is 10.7. The van der Waals surface area contributed by atoms with E-state index in [1.165, 1.54) is 48.5 Å². The number of aryl methyl sites for hydroxylation is 1. The zero-order chi connectivity index (χ0) is 22.3. The molecule has 4 aromatic rings. The van der Waals surface area contributed by atoms with Crippen LogP contribution in [0.15, 0.2) is 59.6 Å². The molecule has 1 aliphatic carbocycles. The number of nitrogens with zero attached hydrogens (tertiary/aromatic N) is 4. The van der Waals surface area contributed by atoms with Crippen LogP contribution >= 0.6 is 0 Å². The molecule has 0 N–H and O–H groups in total. The van der Waals surface area contributed by atoms with Gasteiger partial charge in [0.05, 0.1) is 34.4 Å². The van der Waals surface area contributed by atoms with Gasteiger partial charge in [0.1, 0.15) is 0 Å². The minimum Gasteiger partial charge on any atom is -0.268 e. The first-order chi connectivity index (χ1) is 15.4. The van der Waals surface area contributed by atoms with Gasteiger partial charge in [0.15, 0.2) is 9.84 Å². The van der Waals surface area contributed by atoms with Crippen molar-refractivity contribution < 1.29 is 8.42 Å². The molecule has 0 unspecified atom stereocenters. The zero-order valence-corrected chi connectivity index (χ0v) is 19.3. The van der Waals surface area contributed by atoms with Gasteiger partial charge >= 0.3 is 0 Å². The van der Waals surface area contributed by atoms with Crippen molar-refractivity contribution in [2.75, 3.05) is 6.26 Å². The lowest BCUT2D eigenvalue weighted by Crippen LogP contribution is -2.06. The molecule has 166 valence electrons. The lowest BCUT2D eigenvalue weighted by molar-refractivity contribution is 0.478. The third-order valence-electron chi connectivity index (χ3n) is 6.42. The van der Waals surface area contributed by atoms with E-state index in [0.717, 1.165) is 23.2 Å². The molecule has 0 radical (unpaired) electrons. The molecule has 32 heavy (non-hydrogen) atoms. The summed E-state index contributed by atoms with van der Waals surface area (Å²) in [6.45, 7) is 2.76. The first-order valence-corrected chi connectivity index (χ1v) is 13.2. The number of hydrogen-bond acceptors (Lipinski definition) is 4. The quantitative estimate of drug-likeness (QED) is 0.415. The Morgan fingerprint density at radius 2 is 1.75 bits per heavy atom. The summed E-state index contributed by atoms with van der Waals surface area (Å²) in [4.78, 5) is 0.334. The van der Waals surface area contributed by atoms with Crippen LogP contribution in [0.25, 0.3) is 22.2 Å². The first-order valence-electron chi connectivity index (χ1n) is 11.3. The number of sulfone groups is 1. The van der Waals surface area contributed by atoms with Crippen LogP contribution in [-0.4, -0.2) is 34.2 Å². The van der Waals surface area contributed by atoms with E-state index in [9.17, 15) is 8.42 Å². The molecular formula is C25H28N4O2S. The standard InChI is InChI=1S/C25H28N4O2S/c1-3-23-22-13-10-19(16-25(22)29(27-23)20-6-4-5-7-20)24-14-15-28(26-24)17-18-8-11-21(12-9-18)32(2,30)31/h8-16,20H,3-7,17H2,1-2H3. The fraction of sp³-hybridized carbons (Fsp3) is 0.360. The summed E-state index contributed by atoms with van der Waals surface area (Å²) in [6, 6.07) is 16.1. The molecular weight excluding hydrogens is 420 g/mol. The van der Waals surface area contributed by atoms with E-state index >= 15 is 0 Å². The van der Waals surface area contributed by atoms with Crippen LogP contribution in [0.5, 0.6) is 0 Å². The summed E-state index contributed by atoms with van der Waals surface area (Å²) in [5.74, 6) is 0. The maximum Gasteiger partial charge on any atom is 0.175 e. The molecule has 2 aromatic heterocycles. The predicted octanol–water partition coefficient (Wildman–Crippen LogP) is 5.03. The van der Waals surface area contributed by atoms with Gasteiger partial charge in [0.25, 0.3) is 0 Å². The molecule has 1 fully saturated rings. The van der Waals surface area contributed by atoms with Crippen LogP contribution in [0.1, 0.15) is 49.9 Å². The van der Waals surface area contributed by atoms with Gasteiger partial charge in [-0.25, -0.2) is 8.42 Å². The van der Waals surface area contributed by atoms with Gasteiger partial charge in [-0.05, 0) is 49.1 Å². The molecule has 0 spiro atoms. The van der Waals surface area contributed by atoms with E-state index in [4.69, 9.17) is 10.2 Å².